The smallest absolute Gasteiger partial charge is 0.310 e. The molecule has 2 heterocycles. The maximum absolute atomic E-state index is 12.6. The van der Waals surface area contributed by atoms with Gasteiger partial charge in [0.1, 0.15) is 17.9 Å². The summed E-state index contributed by atoms with van der Waals surface area (Å²) in [7, 11) is 3.62. The van der Waals surface area contributed by atoms with E-state index in [0.717, 1.165) is 42.6 Å². The summed E-state index contributed by atoms with van der Waals surface area (Å²) in [6.07, 6.45) is 1.95. The maximum Gasteiger partial charge on any atom is 0.310 e. The number of ether oxygens (including phenoxy) is 2. The first kappa shape index (κ1) is 21.1. The number of fused-ring (bicyclic) bond motifs is 1. The topological polar surface area (TPSA) is 76.9 Å². The van der Waals surface area contributed by atoms with Crippen molar-refractivity contribution in [1.29, 1.82) is 0 Å². The van der Waals surface area contributed by atoms with E-state index in [2.05, 4.69) is 17.0 Å². The quantitative estimate of drug-likeness (QED) is 0.709. The van der Waals surface area contributed by atoms with Crippen LogP contribution < -0.4 is 4.74 Å². The van der Waals surface area contributed by atoms with Gasteiger partial charge < -0.3 is 19.3 Å². The summed E-state index contributed by atoms with van der Waals surface area (Å²) in [6.45, 7) is 8.97. The van der Waals surface area contributed by atoms with E-state index < -0.39 is 5.60 Å². The molecule has 29 heavy (non-hydrogen) atoms. The number of hydrogen-bond acceptors (Lipinski definition) is 6. The van der Waals surface area contributed by atoms with Crippen LogP contribution in [0.3, 0.4) is 0 Å². The van der Waals surface area contributed by atoms with E-state index in [9.17, 15) is 9.59 Å². The average molecular weight is 402 g/mol. The van der Waals surface area contributed by atoms with Crippen LogP contribution in [0.5, 0.6) is 5.75 Å². The van der Waals surface area contributed by atoms with Gasteiger partial charge in [-0.25, -0.2) is 0 Å². The Hall–Kier alpha value is -2.61. The molecule has 0 unspecified atom stereocenters. The van der Waals surface area contributed by atoms with Gasteiger partial charge in [-0.05, 0) is 33.9 Å². The number of benzene rings is 1. The zero-order valence-electron chi connectivity index (χ0n) is 17.9. The zero-order valence-corrected chi connectivity index (χ0v) is 17.9. The molecule has 158 valence electrons. The fourth-order valence-electron chi connectivity index (χ4n) is 3.39. The van der Waals surface area contributed by atoms with Gasteiger partial charge in [-0.3, -0.25) is 14.3 Å². The van der Waals surface area contributed by atoms with Gasteiger partial charge in [0.05, 0.1) is 19.0 Å². The standard InChI is InChI=1S/C21H30N4O4/c1-21(2,3)29-20(27)11-15-10-16-13-25(22-17(16)12-18(15)28-5)14-19(26)24-8-6-23(4)7-9-24/h10,12-13H,6-9,11,14H2,1-5H3. The normalized spacial score (nSPS) is 15.6. The summed E-state index contributed by atoms with van der Waals surface area (Å²) in [4.78, 5) is 28.9. The first-order valence-electron chi connectivity index (χ1n) is 9.87. The predicted octanol–water partition coefficient (Wildman–Crippen LogP) is 1.70. The average Bonchev–Trinajstić information content (AvgIpc) is 3.00. The van der Waals surface area contributed by atoms with Gasteiger partial charge in [0.2, 0.25) is 5.91 Å². The molecule has 3 rings (SSSR count). The highest BCUT2D eigenvalue weighted by Crippen LogP contribution is 2.26. The van der Waals surface area contributed by atoms with Crippen molar-refractivity contribution in [3.8, 4) is 5.75 Å². The number of nitrogens with zero attached hydrogens (tertiary/aromatic N) is 4. The molecule has 0 aliphatic carbocycles. The van der Waals surface area contributed by atoms with Gasteiger partial charge in [-0.1, -0.05) is 0 Å². The van der Waals surface area contributed by atoms with E-state index in [-0.39, 0.29) is 24.8 Å². The third kappa shape index (κ3) is 5.47. The van der Waals surface area contributed by atoms with Crippen LogP contribution in [-0.2, 0) is 27.3 Å². The first-order valence-corrected chi connectivity index (χ1v) is 9.87. The Balaban J connectivity index is 1.75. The molecule has 2 aromatic rings. The fraction of sp³-hybridized carbons (Fsp3) is 0.571. The van der Waals surface area contributed by atoms with Gasteiger partial charge in [0, 0.05) is 49.4 Å². The van der Waals surface area contributed by atoms with E-state index >= 15 is 0 Å². The van der Waals surface area contributed by atoms with Crippen molar-refractivity contribution >= 4 is 22.8 Å². The number of rotatable bonds is 5. The van der Waals surface area contributed by atoms with E-state index in [1.54, 1.807) is 17.9 Å². The van der Waals surface area contributed by atoms with E-state index in [1.165, 1.54) is 0 Å². The minimum Gasteiger partial charge on any atom is -0.496 e. The van der Waals surface area contributed by atoms with E-state index in [1.807, 2.05) is 37.9 Å². The Morgan fingerprint density at radius 3 is 2.45 bits per heavy atom. The van der Waals surface area contributed by atoms with Crippen LogP contribution in [-0.4, -0.2) is 77.4 Å². The lowest BCUT2D eigenvalue weighted by Crippen LogP contribution is -2.48. The van der Waals surface area contributed by atoms with Crippen molar-refractivity contribution in [3.05, 3.63) is 23.9 Å². The van der Waals surface area contributed by atoms with Crippen molar-refractivity contribution in [1.82, 2.24) is 19.6 Å². The Morgan fingerprint density at radius 2 is 1.83 bits per heavy atom. The Morgan fingerprint density at radius 1 is 1.14 bits per heavy atom. The van der Waals surface area contributed by atoms with Crippen molar-refractivity contribution in [2.75, 3.05) is 40.3 Å². The molecule has 8 heteroatoms. The van der Waals surface area contributed by atoms with Gasteiger partial charge in [-0.15, -0.1) is 0 Å². The Kier molecular flexibility index (Phi) is 6.12. The minimum atomic E-state index is -0.539. The number of hydrogen-bond donors (Lipinski definition) is 0. The maximum atomic E-state index is 12.6. The second-order valence-corrected chi connectivity index (χ2v) is 8.50. The van der Waals surface area contributed by atoms with Gasteiger partial charge in [-0.2, -0.15) is 5.10 Å². The van der Waals surface area contributed by atoms with E-state index in [4.69, 9.17) is 9.47 Å². The van der Waals surface area contributed by atoms with Crippen LogP contribution in [0.2, 0.25) is 0 Å². The molecule has 0 N–H and O–H groups in total. The summed E-state index contributed by atoms with van der Waals surface area (Å²) < 4.78 is 12.5. The summed E-state index contributed by atoms with van der Waals surface area (Å²) in [5.41, 5.74) is 0.920. The second-order valence-electron chi connectivity index (χ2n) is 8.50. The molecule has 0 bridgehead atoms. The summed E-state index contributed by atoms with van der Waals surface area (Å²) >= 11 is 0. The fourth-order valence-corrected chi connectivity index (χ4v) is 3.39. The molecule has 0 saturated carbocycles. The van der Waals surface area contributed by atoms with Crippen molar-refractivity contribution < 1.29 is 19.1 Å². The molecule has 1 aliphatic rings. The monoisotopic (exact) mass is 402 g/mol. The second kappa shape index (κ2) is 8.41. The van der Waals surface area contributed by atoms with Gasteiger partial charge in [0.25, 0.3) is 0 Å². The first-order chi connectivity index (χ1) is 13.6. The molecule has 0 atom stereocenters. The zero-order chi connectivity index (χ0) is 21.2. The van der Waals surface area contributed by atoms with Crippen LogP contribution in [0.15, 0.2) is 18.3 Å². The van der Waals surface area contributed by atoms with Crippen LogP contribution in [0.1, 0.15) is 26.3 Å². The number of methoxy groups -OCH3 is 1. The molecule has 1 aromatic carbocycles. The van der Waals surface area contributed by atoms with Crippen molar-refractivity contribution in [3.63, 3.8) is 0 Å². The molecule has 1 aromatic heterocycles. The highest BCUT2D eigenvalue weighted by atomic mass is 16.6. The molecule has 1 amide bonds. The van der Waals surface area contributed by atoms with Crippen LogP contribution in [0.4, 0.5) is 0 Å². The minimum absolute atomic E-state index is 0.0619. The third-order valence-corrected chi connectivity index (χ3v) is 4.86. The summed E-state index contributed by atoms with van der Waals surface area (Å²) in [6, 6.07) is 3.67. The van der Waals surface area contributed by atoms with Crippen LogP contribution >= 0.6 is 0 Å². The number of amides is 1. The summed E-state index contributed by atoms with van der Waals surface area (Å²) in [5.74, 6) is 0.332. The Labute approximate surface area is 171 Å². The molecule has 1 aliphatic heterocycles. The molecular formula is C21H30N4O4. The highest BCUT2D eigenvalue weighted by Gasteiger charge is 2.21. The molecular weight excluding hydrogens is 372 g/mol. The molecule has 0 spiro atoms. The lowest BCUT2D eigenvalue weighted by Gasteiger charge is -2.32. The number of carbonyl (C=O) groups is 2. The molecule has 8 nitrogen and oxygen atoms in total. The van der Waals surface area contributed by atoms with E-state index in [0.29, 0.717) is 5.75 Å². The molecule has 0 radical (unpaired) electrons. The number of esters is 1. The number of piperazine rings is 1. The summed E-state index contributed by atoms with van der Waals surface area (Å²) in [5, 5.41) is 5.37. The van der Waals surface area contributed by atoms with Crippen molar-refractivity contribution in [2.24, 2.45) is 0 Å². The van der Waals surface area contributed by atoms with Crippen molar-refractivity contribution in [2.45, 2.75) is 39.3 Å². The molecule has 1 fully saturated rings. The number of likely N-dealkylation sites (N-methyl/N-ethyl adjacent to an activating group) is 1. The number of aromatic nitrogens is 2. The SMILES string of the molecule is COc1cc2nn(CC(=O)N3CCN(C)CC3)cc2cc1CC(=O)OC(C)(C)C. The lowest BCUT2D eigenvalue weighted by atomic mass is 10.1. The largest absolute Gasteiger partial charge is 0.496 e. The lowest BCUT2D eigenvalue weighted by molar-refractivity contribution is -0.154. The third-order valence-electron chi connectivity index (χ3n) is 4.86. The van der Waals surface area contributed by atoms with Crippen LogP contribution in [0.25, 0.3) is 10.9 Å². The van der Waals surface area contributed by atoms with Crippen LogP contribution in [0, 0.1) is 0 Å². The highest BCUT2D eigenvalue weighted by molar-refractivity contribution is 5.84. The van der Waals surface area contributed by atoms with Gasteiger partial charge >= 0.3 is 5.97 Å². The van der Waals surface area contributed by atoms with Gasteiger partial charge in [0.15, 0.2) is 0 Å². The Bertz CT molecular complexity index is 892. The number of carbonyl (C=O) groups excluding carboxylic acids is 2. The predicted molar refractivity (Wildman–Crippen MR) is 110 cm³/mol. The molecule has 1 saturated heterocycles.